The Morgan fingerprint density at radius 3 is 2.11 bits per heavy atom. The summed E-state index contributed by atoms with van der Waals surface area (Å²) in [6.45, 7) is 0.163. The fourth-order valence-corrected chi connectivity index (χ4v) is 4.87. The summed E-state index contributed by atoms with van der Waals surface area (Å²) in [6, 6.07) is 2.83. The zero-order valence-corrected chi connectivity index (χ0v) is 24.9. The Morgan fingerprint density at radius 1 is 0.826 bits per heavy atom. The van der Waals surface area contributed by atoms with E-state index >= 15 is 0 Å². The molecule has 4 atom stereocenters. The van der Waals surface area contributed by atoms with E-state index in [4.69, 9.17) is 17.2 Å². The van der Waals surface area contributed by atoms with E-state index in [0.29, 0.717) is 11.4 Å². The number of amides is 3. The van der Waals surface area contributed by atoms with E-state index in [1.165, 1.54) is 18.9 Å². The van der Waals surface area contributed by atoms with Crippen LogP contribution < -0.4 is 33.2 Å². The lowest BCUT2D eigenvalue weighted by Crippen LogP contribution is -2.58. The Morgan fingerprint density at radius 2 is 1.46 bits per heavy atom. The van der Waals surface area contributed by atoms with Crippen LogP contribution in [-0.4, -0.2) is 90.4 Å². The van der Waals surface area contributed by atoms with Crippen LogP contribution in [0.4, 0.5) is 0 Å². The maximum atomic E-state index is 13.8. The van der Waals surface area contributed by atoms with E-state index in [2.05, 4.69) is 45.9 Å². The van der Waals surface area contributed by atoms with Crippen LogP contribution in [0.5, 0.6) is 0 Å². The first-order chi connectivity index (χ1) is 22.1. The van der Waals surface area contributed by atoms with Gasteiger partial charge in [0.15, 0.2) is 5.96 Å². The van der Waals surface area contributed by atoms with Gasteiger partial charge < -0.3 is 53.2 Å². The standard InChI is InChI=1S/C29H38N12O5/c30-20(9-17-12-33-14-37-17)25(42)40-23(8-16-11-36-21-5-2-1-4-19(16)21)27(44)39-22(6-3-7-35-29(31)32)26(43)41-24(28(45)46)10-18-13-34-15-38-18/h1-2,4-5,11-15,20,22-24,36H,3,6-10,30H2,(H,33,37)(H,34,38)(H,39,44)(H,40,42)(H,41,43)(H,45,46)(H4,31,32,35). The quantitative estimate of drug-likeness (QED) is 0.0367. The van der Waals surface area contributed by atoms with Crippen LogP contribution in [0.2, 0.25) is 0 Å². The number of fused-ring (bicyclic) bond motifs is 1. The maximum Gasteiger partial charge on any atom is 0.326 e. The third kappa shape index (κ3) is 9.39. The van der Waals surface area contributed by atoms with Gasteiger partial charge in [-0.3, -0.25) is 19.4 Å². The number of hydrogen-bond donors (Lipinski definition) is 10. The Kier molecular flexibility index (Phi) is 11.4. The number of imidazole rings is 2. The Bertz CT molecular complexity index is 1630. The largest absolute Gasteiger partial charge is 0.480 e. The molecule has 4 rings (SSSR count). The summed E-state index contributed by atoms with van der Waals surface area (Å²) in [4.78, 5) is 73.0. The van der Waals surface area contributed by atoms with Crippen molar-refractivity contribution < 1.29 is 24.3 Å². The van der Waals surface area contributed by atoms with E-state index in [0.717, 1.165) is 16.5 Å². The molecule has 0 saturated heterocycles. The summed E-state index contributed by atoms with van der Waals surface area (Å²) in [5.41, 5.74) is 19.7. The molecule has 46 heavy (non-hydrogen) atoms. The zero-order valence-electron chi connectivity index (χ0n) is 24.9. The van der Waals surface area contributed by atoms with Crippen LogP contribution in [0.1, 0.15) is 29.8 Å². The van der Waals surface area contributed by atoms with E-state index in [1.807, 2.05) is 24.3 Å². The molecule has 3 heterocycles. The third-order valence-electron chi connectivity index (χ3n) is 7.24. The minimum absolute atomic E-state index is 0.0663. The number of guanidine groups is 1. The molecule has 17 heteroatoms. The SMILES string of the molecule is NC(N)=NCCCC(NC(=O)C(Cc1c[nH]c2ccccc12)NC(=O)C(N)Cc1cnc[nH]1)C(=O)NC(Cc1cnc[nH]1)C(=O)O. The van der Waals surface area contributed by atoms with E-state index in [-0.39, 0.29) is 44.6 Å². The van der Waals surface area contributed by atoms with Gasteiger partial charge in [0, 0.05) is 66.7 Å². The van der Waals surface area contributed by atoms with Crippen molar-refractivity contribution in [2.75, 3.05) is 6.54 Å². The zero-order chi connectivity index (χ0) is 33.1. The number of aromatic nitrogens is 5. The Balaban J connectivity index is 1.54. The first kappa shape index (κ1) is 33.2. The molecule has 4 aromatic rings. The van der Waals surface area contributed by atoms with Crippen molar-refractivity contribution in [2.45, 2.75) is 56.3 Å². The van der Waals surface area contributed by atoms with Gasteiger partial charge in [0.05, 0.1) is 18.7 Å². The van der Waals surface area contributed by atoms with Crippen LogP contribution in [0, 0.1) is 0 Å². The fraction of sp³-hybridized carbons (Fsp3) is 0.345. The number of carbonyl (C=O) groups is 4. The topological polar surface area (TPSA) is 288 Å². The summed E-state index contributed by atoms with van der Waals surface area (Å²) in [5, 5.41) is 18.6. The second kappa shape index (κ2) is 15.8. The smallest absolute Gasteiger partial charge is 0.326 e. The number of aliphatic imine (C=N–C) groups is 1. The van der Waals surface area contributed by atoms with E-state index in [1.54, 1.807) is 12.4 Å². The van der Waals surface area contributed by atoms with Crippen LogP contribution in [0.3, 0.4) is 0 Å². The predicted octanol–water partition coefficient (Wildman–Crippen LogP) is -1.44. The van der Waals surface area contributed by atoms with Crippen molar-refractivity contribution in [3.05, 3.63) is 72.5 Å². The number of nitrogens with one attached hydrogen (secondary N) is 6. The Labute approximate surface area is 263 Å². The molecule has 0 fully saturated rings. The lowest BCUT2D eigenvalue weighted by molar-refractivity contribution is -0.142. The van der Waals surface area contributed by atoms with Gasteiger partial charge in [-0.1, -0.05) is 18.2 Å². The molecule has 1 aromatic carbocycles. The molecule has 13 N–H and O–H groups in total. The number of carboxylic acids is 1. The van der Waals surface area contributed by atoms with Crippen LogP contribution in [0.15, 0.2) is 60.5 Å². The monoisotopic (exact) mass is 634 g/mol. The number of aromatic amines is 3. The molecule has 3 aromatic heterocycles. The molecular weight excluding hydrogens is 596 g/mol. The lowest BCUT2D eigenvalue weighted by Gasteiger charge is -2.25. The first-order valence-electron chi connectivity index (χ1n) is 14.5. The van der Waals surface area contributed by atoms with Crippen molar-refractivity contribution in [1.82, 2.24) is 40.9 Å². The molecule has 0 saturated carbocycles. The fourth-order valence-electron chi connectivity index (χ4n) is 4.87. The number of para-hydroxylation sites is 1. The van der Waals surface area contributed by atoms with Gasteiger partial charge in [-0.2, -0.15) is 0 Å². The van der Waals surface area contributed by atoms with Crippen LogP contribution in [-0.2, 0) is 38.4 Å². The summed E-state index contributed by atoms with van der Waals surface area (Å²) in [7, 11) is 0. The molecule has 0 bridgehead atoms. The number of carboxylic acid groups (broad SMARTS) is 1. The van der Waals surface area contributed by atoms with Crippen molar-refractivity contribution >= 4 is 40.6 Å². The molecule has 0 spiro atoms. The summed E-state index contributed by atoms with van der Waals surface area (Å²) in [6.07, 6.45) is 8.10. The highest BCUT2D eigenvalue weighted by Gasteiger charge is 2.31. The number of carbonyl (C=O) groups excluding carboxylic acids is 3. The van der Waals surface area contributed by atoms with Crippen molar-refractivity contribution in [1.29, 1.82) is 0 Å². The number of aliphatic carboxylic acids is 1. The molecular formula is C29H38N12O5. The van der Waals surface area contributed by atoms with E-state index < -0.39 is 47.9 Å². The van der Waals surface area contributed by atoms with Gasteiger partial charge in [-0.15, -0.1) is 0 Å². The van der Waals surface area contributed by atoms with Gasteiger partial charge in [0.25, 0.3) is 0 Å². The number of benzene rings is 1. The lowest BCUT2D eigenvalue weighted by atomic mass is 10.0. The van der Waals surface area contributed by atoms with Gasteiger partial charge >= 0.3 is 5.97 Å². The van der Waals surface area contributed by atoms with Gasteiger partial charge in [-0.25, -0.2) is 14.8 Å². The second-order valence-corrected chi connectivity index (χ2v) is 10.7. The molecule has 0 aliphatic carbocycles. The Hall–Kier alpha value is -5.71. The molecule has 17 nitrogen and oxygen atoms in total. The molecule has 4 unspecified atom stereocenters. The minimum atomic E-state index is -1.31. The maximum absolute atomic E-state index is 13.8. The van der Waals surface area contributed by atoms with Gasteiger partial charge in [0.1, 0.15) is 18.1 Å². The van der Waals surface area contributed by atoms with Crippen molar-refractivity contribution in [3.63, 3.8) is 0 Å². The van der Waals surface area contributed by atoms with Crippen LogP contribution in [0.25, 0.3) is 10.9 Å². The number of nitrogens with two attached hydrogens (primary N) is 3. The molecule has 3 amide bonds. The average molecular weight is 635 g/mol. The summed E-state index contributed by atoms with van der Waals surface area (Å²) in [5.74, 6) is -3.41. The summed E-state index contributed by atoms with van der Waals surface area (Å²) >= 11 is 0. The van der Waals surface area contributed by atoms with Gasteiger partial charge in [-0.05, 0) is 24.5 Å². The second-order valence-electron chi connectivity index (χ2n) is 10.7. The third-order valence-corrected chi connectivity index (χ3v) is 7.24. The highest BCUT2D eigenvalue weighted by atomic mass is 16.4. The highest BCUT2D eigenvalue weighted by molar-refractivity contribution is 5.95. The molecule has 244 valence electrons. The summed E-state index contributed by atoms with van der Waals surface area (Å²) < 4.78 is 0. The first-order valence-corrected chi connectivity index (χ1v) is 14.5. The number of H-pyrrole nitrogens is 3. The van der Waals surface area contributed by atoms with E-state index in [9.17, 15) is 24.3 Å². The normalized spacial score (nSPS) is 13.7. The number of rotatable bonds is 17. The number of nitrogens with zero attached hydrogens (tertiary/aromatic N) is 3. The molecule has 0 aliphatic heterocycles. The predicted molar refractivity (Wildman–Crippen MR) is 168 cm³/mol. The van der Waals surface area contributed by atoms with Crippen LogP contribution >= 0.6 is 0 Å². The van der Waals surface area contributed by atoms with Gasteiger partial charge in [0.2, 0.25) is 17.7 Å². The van der Waals surface area contributed by atoms with Crippen molar-refractivity contribution in [3.8, 4) is 0 Å². The number of hydrogen-bond acceptors (Lipinski definition) is 8. The average Bonchev–Trinajstić information content (AvgIpc) is 3.81. The highest BCUT2D eigenvalue weighted by Crippen LogP contribution is 2.19. The minimum Gasteiger partial charge on any atom is -0.480 e. The molecule has 0 radical (unpaired) electrons. The molecule has 0 aliphatic rings. The van der Waals surface area contributed by atoms with Crippen molar-refractivity contribution in [2.24, 2.45) is 22.2 Å².